The second kappa shape index (κ2) is 4.69. The van der Waals surface area contributed by atoms with Gasteiger partial charge in [0.1, 0.15) is 0 Å². The van der Waals surface area contributed by atoms with Crippen LogP contribution in [0.25, 0.3) is 0 Å². The predicted octanol–water partition coefficient (Wildman–Crippen LogP) is 3.42. The van der Waals surface area contributed by atoms with Gasteiger partial charge in [-0.05, 0) is 41.9 Å². The largest absolute Gasteiger partial charge is 0.440 e. The summed E-state index contributed by atoms with van der Waals surface area (Å²) in [5.74, 6) is -0.313. The fraction of sp³-hybridized carbons (Fsp3) is 0. The third kappa shape index (κ3) is 2.72. The molecule has 0 fully saturated rings. The van der Waals surface area contributed by atoms with Gasteiger partial charge in [-0.3, -0.25) is 4.79 Å². The van der Waals surface area contributed by atoms with Crippen LogP contribution in [0.5, 0.6) is 0 Å². The lowest BCUT2D eigenvalue weighted by Crippen LogP contribution is -2.11. The minimum absolute atomic E-state index is 0.114. The number of hydrogen-bond donors (Lipinski definition) is 2. The number of furan rings is 1. The van der Waals surface area contributed by atoms with Crippen LogP contribution in [0.1, 0.15) is 10.6 Å². The molecular formula is C11H8Cl2N2O2. The molecule has 0 saturated heterocycles. The molecule has 0 atom stereocenters. The van der Waals surface area contributed by atoms with E-state index >= 15 is 0 Å². The first kappa shape index (κ1) is 11.8. The third-order valence-electron chi connectivity index (χ3n) is 2.04. The molecule has 0 aliphatic heterocycles. The lowest BCUT2D eigenvalue weighted by atomic mass is 10.3. The number of rotatable bonds is 2. The quantitative estimate of drug-likeness (QED) is 0.822. The lowest BCUT2D eigenvalue weighted by Gasteiger charge is -2.05. The van der Waals surface area contributed by atoms with Crippen LogP contribution in [0.4, 0.5) is 11.4 Å². The van der Waals surface area contributed by atoms with Crippen molar-refractivity contribution in [3.05, 3.63) is 46.3 Å². The van der Waals surface area contributed by atoms with Crippen molar-refractivity contribution in [2.24, 2.45) is 0 Å². The van der Waals surface area contributed by atoms with E-state index in [0.717, 1.165) is 0 Å². The average molecular weight is 271 g/mol. The number of anilines is 2. The van der Waals surface area contributed by atoms with Gasteiger partial charge in [0.15, 0.2) is 11.0 Å². The molecule has 0 spiro atoms. The standard InChI is InChI=1S/C11H8Cl2N2O2/c12-7-5-6(14)1-2-8(7)15-11(16)9-3-4-10(13)17-9/h1-5H,14H2,(H,15,16). The number of nitrogen functional groups attached to an aromatic ring is 1. The predicted molar refractivity (Wildman–Crippen MR) is 67.5 cm³/mol. The number of amides is 1. The molecule has 1 amide bonds. The van der Waals surface area contributed by atoms with E-state index < -0.39 is 5.91 Å². The Labute approximate surface area is 107 Å². The van der Waals surface area contributed by atoms with E-state index in [0.29, 0.717) is 16.4 Å². The van der Waals surface area contributed by atoms with Gasteiger partial charge in [0, 0.05) is 5.69 Å². The average Bonchev–Trinajstić information content (AvgIpc) is 2.69. The highest BCUT2D eigenvalue weighted by atomic mass is 35.5. The number of halogens is 2. The molecule has 1 aromatic carbocycles. The second-order valence-electron chi connectivity index (χ2n) is 3.30. The van der Waals surface area contributed by atoms with Gasteiger partial charge in [-0.2, -0.15) is 0 Å². The Morgan fingerprint density at radius 3 is 2.59 bits per heavy atom. The molecule has 0 aliphatic rings. The van der Waals surface area contributed by atoms with Gasteiger partial charge >= 0.3 is 0 Å². The molecular weight excluding hydrogens is 263 g/mol. The van der Waals surface area contributed by atoms with E-state index in [2.05, 4.69) is 5.32 Å². The molecule has 0 bridgehead atoms. The topological polar surface area (TPSA) is 68.3 Å². The Morgan fingerprint density at radius 1 is 1.24 bits per heavy atom. The molecule has 1 aromatic heterocycles. The van der Waals surface area contributed by atoms with Crippen molar-refractivity contribution in [1.29, 1.82) is 0 Å². The van der Waals surface area contributed by atoms with Crippen molar-refractivity contribution in [3.63, 3.8) is 0 Å². The Kier molecular flexibility index (Phi) is 3.26. The number of carbonyl (C=O) groups is 1. The first-order chi connectivity index (χ1) is 8.06. The molecule has 0 saturated carbocycles. The van der Waals surface area contributed by atoms with Crippen LogP contribution in [0.2, 0.25) is 10.2 Å². The molecule has 88 valence electrons. The highest BCUT2D eigenvalue weighted by molar-refractivity contribution is 6.34. The van der Waals surface area contributed by atoms with Gasteiger partial charge < -0.3 is 15.5 Å². The van der Waals surface area contributed by atoms with Crippen molar-refractivity contribution in [2.45, 2.75) is 0 Å². The van der Waals surface area contributed by atoms with E-state index in [9.17, 15) is 4.79 Å². The number of carbonyl (C=O) groups excluding carboxylic acids is 1. The Balaban J connectivity index is 2.18. The first-order valence-corrected chi connectivity index (χ1v) is 5.43. The van der Waals surface area contributed by atoms with E-state index in [1.807, 2.05) is 0 Å². The van der Waals surface area contributed by atoms with Crippen molar-refractivity contribution in [2.75, 3.05) is 11.1 Å². The molecule has 17 heavy (non-hydrogen) atoms. The number of nitrogens with one attached hydrogen (secondary N) is 1. The van der Waals surface area contributed by atoms with E-state index in [1.165, 1.54) is 12.1 Å². The molecule has 2 rings (SSSR count). The summed E-state index contributed by atoms with van der Waals surface area (Å²) in [4.78, 5) is 11.7. The van der Waals surface area contributed by atoms with Crippen LogP contribution in [0, 0.1) is 0 Å². The Bertz CT molecular complexity index is 566. The van der Waals surface area contributed by atoms with Crippen molar-refractivity contribution in [3.8, 4) is 0 Å². The summed E-state index contributed by atoms with van der Waals surface area (Å²) in [6, 6.07) is 7.76. The van der Waals surface area contributed by atoms with Gasteiger partial charge in [-0.15, -0.1) is 0 Å². The number of nitrogens with two attached hydrogens (primary N) is 1. The van der Waals surface area contributed by atoms with E-state index in [4.69, 9.17) is 33.4 Å². The fourth-order valence-corrected chi connectivity index (χ4v) is 1.64. The fourth-order valence-electron chi connectivity index (χ4n) is 1.25. The Morgan fingerprint density at radius 2 is 2.00 bits per heavy atom. The maximum Gasteiger partial charge on any atom is 0.291 e. The monoisotopic (exact) mass is 270 g/mol. The van der Waals surface area contributed by atoms with Gasteiger partial charge in [0.25, 0.3) is 5.91 Å². The van der Waals surface area contributed by atoms with Crippen LogP contribution < -0.4 is 11.1 Å². The van der Waals surface area contributed by atoms with Gasteiger partial charge in [-0.25, -0.2) is 0 Å². The minimum Gasteiger partial charge on any atom is -0.440 e. The number of hydrogen-bond acceptors (Lipinski definition) is 3. The molecule has 3 N–H and O–H groups in total. The molecule has 0 radical (unpaired) electrons. The summed E-state index contributed by atoms with van der Waals surface area (Å²) in [6.07, 6.45) is 0. The normalized spacial score (nSPS) is 10.2. The van der Waals surface area contributed by atoms with Crippen molar-refractivity contribution in [1.82, 2.24) is 0 Å². The maximum absolute atomic E-state index is 11.7. The highest BCUT2D eigenvalue weighted by Crippen LogP contribution is 2.25. The zero-order chi connectivity index (χ0) is 12.4. The van der Waals surface area contributed by atoms with Gasteiger partial charge in [-0.1, -0.05) is 11.6 Å². The molecule has 2 aromatic rings. The minimum atomic E-state index is -0.427. The van der Waals surface area contributed by atoms with Gasteiger partial charge in [0.2, 0.25) is 0 Å². The van der Waals surface area contributed by atoms with Crippen LogP contribution in [0.15, 0.2) is 34.7 Å². The summed E-state index contributed by atoms with van der Waals surface area (Å²) < 4.78 is 4.97. The first-order valence-electron chi connectivity index (χ1n) is 4.68. The zero-order valence-electron chi connectivity index (χ0n) is 8.54. The molecule has 4 nitrogen and oxygen atoms in total. The maximum atomic E-state index is 11.7. The summed E-state index contributed by atoms with van der Waals surface area (Å²) in [7, 11) is 0. The SMILES string of the molecule is Nc1ccc(NC(=O)c2ccc(Cl)o2)c(Cl)c1. The molecule has 1 heterocycles. The lowest BCUT2D eigenvalue weighted by molar-refractivity contribution is 0.0997. The van der Waals surface area contributed by atoms with E-state index in [1.54, 1.807) is 18.2 Å². The smallest absolute Gasteiger partial charge is 0.291 e. The molecule has 0 aliphatic carbocycles. The van der Waals surface area contributed by atoms with Crippen LogP contribution in [0.3, 0.4) is 0 Å². The van der Waals surface area contributed by atoms with Gasteiger partial charge in [0.05, 0.1) is 10.7 Å². The summed E-state index contributed by atoms with van der Waals surface area (Å²) in [6.45, 7) is 0. The van der Waals surface area contributed by atoms with Crippen LogP contribution >= 0.6 is 23.2 Å². The number of benzene rings is 1. The Hall–Kier alpha value is -1.65. The van der Waals surface area contributed by atoms with Crippen LogP contribution in [-0.2, 0) is 0 Å². The second-order valence-corrected chi connectivity index (χ2v) is 4.08. The van der Waals surface area contributed by atoms with E-state index in [-0.39, 0.29) is 11.0 Å². The summed E-state index contributed by atoms with van der Waals surface area (Å²) in [5.41, 5.74) is 6.52. The zero-order valence-corrected chi connectivity index (χ0v) is 10.0. The highest BCUT2D eigenvalue weighted by Gasteiger charge is 2.12. The van der Waals surface area contributed by atoms with Crippen LogP contribution in [-0.4, -0.2) is 5.91 Å². The van der Waals surface area contributed by atoms with Crippen molar-refractivity contribution >= 4 is 40.5 Å². The summed E-state index contributed by atoms with van der Waals surface area (Å²) in [5, 5.41) is 3.10. The summed E-state index contributed by atoms with van der Waals surface area (Å²) >= 11 is 11.5. The molecule has 6 heteroatoms. The molecule has 0 unspecified atom stereocenters. The third-order valence-corrected chi connectivity index (χ3v) is 2.55. The van der Waals surface area contributed by atoms with Crippen molar-refractivity contribution < 1.29 is 9.21 Å².